The fraction of sp³-hybridized carbons (Fsp3) is 0.200. The molecule has 0 bridgehead atoms. The molecule has 0 unspecified atom stereocenters. The Hall–Kier alpha value is -2.56. The topological polar surface area (TPSA) is 68.7 Å². The van der Waals surface area contributed by atoms with Gasteiger partial charge in [0.25, 0.3) is 0 Å². The lowest BCUT2D eigenvalue weighted by atomic mass is 10.3. The van der Waals surface area contributed by atoms with Crippen LogP contribution in [0.5, 0.6) is 17.4 Å². The number of aromatic nitrogens is 1. The third kappa shape index (κ3) is 3.47. The van der Waals surface area contributed by atoms with Gasteiger partial charge < -0.3 is 14.6 Å². The molecule has 0 saturated heterocycles. The normalized spacial score (nSPS) is 10.1. The van der Waals surface area contributed by atoms with Crippen LogP contribution in [0.2, 0.25) is 0 Å². The number of ether oxygens (including phenoxy) is 2. The van der Waals surface area contributed by atoms with Crippen molar-refractivity contribution in [1.29, 1.82) is 0 Å². The molecule has 5 heteroatoms. The highest BCUT2D eigenvalue weighted by molar-refractivity contribution is 5.87. The minimum Gasteiger partial charge on any atom is -0.490 e. The molecule has 0 fully saturated rings. The monoisotopic (exact) mass is 273 g/mol. The van der Waals surface area contributed by atoms with E-state index < -0.39 is 5.97 Å². The summed E-state index contributed by atoms with van der Waals surface area (Å²) in [7, 11) is 0. The van der Waals surface area contributed by atoms with Gasteiger partial charge in [-0.25, -0.2) is 9.78 Å². The summed E-state index contributed by atoms with van der Waals surface area (Å²) in [4.78, 5) is 14.7. The van der Waals surface area contributed by atoms with Crippen molar-refractivity contribution in [3.8, 4) is 17.4 Å². The van der Waals surface area contributed by atoms with Crippen LogP contribution in [-0.4, -0.2) is 22.7 Å². The molecule has 20 heavy (non-hydrogen) atoms. The highest BCUT2D eigenvalue weighted by Crippen LogP contribution is 2.30. The van der Waals surface area contributed by atoms with Crippen LogP contribution in [0, 0.1) is 0 Å². The number of carboxylic acids is 1. The van der Waals surface area contributed by atoms with Gasteiger partial charge in [0.1, 0.15) is 0 Å². The smallest absolute Gasteiger partial charge is 0.337 e. The second-order valence-electron chi connectivity index (χ2n) is 4.09. The van der Waals surface area contributed by atoms with Gasteiger partial charge in [0.05, 0.1) is 12.2 Å². The first-order valence-corrected chi connectivity index (χ1v) is 6.29. The third-order valence-corrected chi connectivity index (χ3v) is 2.51. The van der Waals surface area contributed by atoms with Crippen molar-refractivity contribution in [2.75, 3.05) is 6.61 Å². The van der Waals surface area contributed by atoms with Crippen molar-refractivity contribution in [2.24, 2.45) is 0 Å². The van der Waals surface area contributed by atoms with Crippen molar-refractivity contribution in [3.05, 3.63) is 48.2 Å². The first-order chi connectivity index (χ1) is 9.70. The Labute approximate surface area is 116 Å². The van der Waals surface area contributed by atoms with Gasteiger partial charge in [0, 0.05) is 12.3 Å². The first kappa shape index (κ1) is 13.9. The molecule has 2 rings (SSSR count). The number of carboxylic acid groups (broad SMARTS) is 1. The van der Waals surface area contributed by atoms with Crippen LogP contribution in [0.1, 0.15) is 23.7 Å². The summed E-state index contributed by atoms with van der Waals surface area (Å²) in [5.74, 6) is 0.494. The van der Waals surface area contributed by atoms with Crippen molar-refractivity contribution >= 4 is 5.97 Å². The second-order valence-corrected chi connectivity index (χ2v) is 4.09. The Kier molecular flexibility index (Phi) is 4.55. The number of rotatable bonds is 6. The van der Waals surface area contributed by atoms with Gasteiger partial charge in [-0.15, -0.1) is 0 Å². The fourth-order valence-corrected chi connectivity index (χ4v) is 1.55. The van der Waals surface area contributed by atoms with E-state index in [2.05, 4.69) is 4.98 Å². The molecule has 0 aliphatic heterocycles. The highest BCUT2D eigenvalue weighted by atomic mass is 16.5. The van der Waals surface area contributed by atoms with Crippen LogP contribution in [0.25, 0.3) is 0 Å². The van der Waals surface area contributed by atoms with Crippen LogP contribution in [-0.2, 0) is 0 Å². The SMILES string of the molecule is CCCOc1ccccc1Oc1ccc(C(=O)O)cn1. The molecule has 0 spiro atoms. The van der Waals surface area contributed by atoms with E-state index in [0.29, 0.717) is 24.0 Å². The summed E-state index contributed by atoms with van der Waals surface area (Å²) in [6.07, 6.45) is 2.16. The minimum absolute atomic E-state index is 0.118. The lowest BCUT2D eigenvalue weighted by Crippen LogP contribution is -1.99. The Bertz CT molecular complexity index is 581. The van der Waals surface area contributed by atoms with Gasteiger partial charge >= 0.3 is 5.97 Å². The molecule has 1 heterocycles. The lowest BCUT2D eigenvalue weighted by Gasteiger charge is -2.11. The van der Waals surface area contributed by atoms with Crippen LogP contribution in [0.3, 0.4) is 0 Å². The molecule has 0 atom stereocenters. The molecule has 0 aliphatic rings. The van der Waals surface area contributed by atoms with Crippen LogP contribution >= 0.6 is 0 Å². The predicted molar refractivity (Wildman–Crippen MR) is 73.5 cm³/mol. The van der Waals surface area contributed by atoms with Crippen LogP contribution < -0.4 is 9.47 Å². The number of pyridine rings is 1. The van der Waals surface area contributed by atoms with E-state index in [1.165, 1.54) is 18.3 Å². The third-order valence-electron chi connectivity index (χ3n) is 2.51. The zero-order valence-electron chi connectivity index (χ0n) is 11.1. The Morgan fingerprint density at radius 1 is 1.20 bits per heavy atom. The molecule has 0 radical (unpaired) electrons. The summed E-state index contributed by atoms with van der Waals surface area (Å²) in [6.45, 7) is 2.63. The van der Waals surface area contributed by atoms with E-state index in [-0.39, 0.29) is 5.56 Å². The van der Waals surface area contributed by atoms with E-state index in [4.69, 9.17) is 14.6 Å². The molecular weight excluding hydrogens is 258 g/mol. The standard InChI is InChI=1S/C15H15NO4/c1-2-9-19-12-5-3-4-6-13(12)20-14-8-7-11(10-16-14)15(17)18/h3-8,10H,2,9H2,1H3,(H,17,18). The first-order valence-electron chi connectivity index (χ1n) is 6.29. The summed E-state index contributed by atoms with van der Waals surface area (Å²) in [6, 6.07) is 10.2. The van der Waals surface area contributed by atoms with E-state index in [1.54, 1.807) is 6.07 Å². The lowest BCUT2D eigenvalue weighted by molar-refractivity contribution is 0.0696. The number of hydrogen-bond acceptors (Lipinski definition) is 4. The Morgan fingerprint density at radius 3 is 2.55 bits per heavy atom. The number of nitrogens with zero attached hydrogens (tertiary/aromatic N) is 1. The summed E-state index contributed by atoms with van der Waals surface area (Å²) < 4.78 is 11.2. The van der Waals surface area contributed by atoms with Crippen LogP contribution in [0.15, 0.2) is 42.6 Å². The maximum atomic E-state index is 10.7. The molecule has 104 valence electrons. The molecule has 5 nitrogen and oxygen atoms in total. The van der Waals surface area contributed by atoms with E-state index in [9.17, 15) is 4.79 Å². The number of carbonyl (C=O) groups is 1. The maximum absolute atomic E-state index is 10.7. The molecule has 1 aromatic heterocycles. The largest absolute Gasteiger partial charge is 0.490 e. The molecule has 1 aromatic carbocycles. The van der Waals surface area contributed by atoms with Gasteiger partial charge in [-0.1, -0.05) is 19.1 Å². The van der Waals surface area contributed by atoms with Crippen molar-refractivity contribution in [3.63, 3.8) is 0 Å². The predicted octanol–water partition coefficient (Wildman–Crippen LogP) is 3.36. The zero-order chi connectivity index (χ0) is 14.4. The summed E-state index contributed by atoms with van der Waals surface area (Å²) >= 11 is 0. The van der Waals surface area contributed by atoms with Crippen LogP contribution in [0.4, 0.5) is 0 Å². The van der Waals surface area contributed by atoms with E-state index in [0.717, 1.165) is 6.42 Å². The van der Waals surface area contributed by atoms with Crippen molar-refractivity contribution < 1.29 is 19.4 Å². The van der Waals surface area contributed by atoms with E-state index >= 15 is 0 Å². The van der Waals surface area contributed by atoms with Crippen molar-refractivity contribution in [2.45, 2.75) is 13.3 Å². The van der Waals surface area contributed by atoms with Gasteiger partial charge in [0.15, 0.2) is 11.5 Å². The number of hydrogen-bond donors (Lipinski definition) is 1. The highest BCUT2D eigenvalue weighted by Gasteiger charge is 2.08. The van der Waals surface area contributed by atoms with Crippen molar-refractivity contribution in [1.82, 2.24) is 4.98 Å². The minimum atomic E-state index is -1.02. The Balaban J connectivity index is 2.14. The molecular formula is C15H15NO4. The van der Waals surface area contributed by atoms with Gasteiger partial charge in [-0.05, 0) is 24.6 Å². The second kappa shape index (κ2) is 6.56. The summed E-state index contributed by atoms with van der Waals surface area (Å²) in [5, 5.41) is 8.81. The zero-order valence-corrected chi connectivity index (χ0v) is 11.1. The number of benzene rings is 1. The molecule has 0 saturated carbocycles. The van der Waals surface area contributed by atoms with Gasteiger partial charge in [0.2, 0.25) is 5.88 Å². The maximum Gasteiger partial charge on any atom is 0.337 e. The summed E-state index contributed by atoms with van der Waals surface area (Å²) in [5.41, 5.74) is 0.118. The molecule has 1 N–H and O–H groups in total. The molecule has 0 amide bonds. The quantitative estimate of drug-likeness (QED) is 0.874. The fourth-order valence-electron chi connectivity index (χ4n) is 1.55. The van der Waals surface area contributed by atoms with Gasteiger partial charge in [-0.3, -0.25) is 0 Å². The molecule has 0 aliphatic carbocycles. The van der Waals surface area contributed by atoms with E-state index in [1.807, 2.05) is 25.1 Å². The average molecular weight is 273 g/mol. The average Bonchev–Trinajstić information content (AvgIpc) is 2.47. The number of aromatic carboxylic acids is 1. The van der Waals surface area contributed by atoms with Gasteiger partial charge in [-0.2, -0.15) is 0 Å². The Morgan fingerprint density at radius 2 is 1.95 bits per heavy atom. The number of para-hydroxylation sites is 2. The molecule has 2 aromatic rings.